The zero-order valence-electron chi connectivity index (χ0n) is 9.45. The molecule has 0 saturated carbocycles. The Kier molecular flexibility index (Phi) is 2.91. The molecule has 1 atom stereocenters. The average molecular weight is 213 g/mol. The molecule has 0 saturated heterocycles. The standard InChI is InChI=1S/C13H13N2O/c1-4-13-12(15-10(3)16-13)8-11-7-5-6-9(2)14-11/h4,8,13H,1,7H2,2-3H3/b12-8+. The van der Waals surface area contributed by atoms with E-state index in [1.807, 2.05) is 19.9 Å². The molecule has 0 amide bonds. The summed E-state index contributed by atoms with van der Waals surface area (Å²) in [6.45, 7) is 7.45. The molecule has 0 spiro atoms. The molecule has 0 aromatic carbocycles. The highest BCUT2D eigenvalue weighted by Crippen LogP contribution is 2.23. The molecule has 3 nitrogen and oxygen atoms in total. The first-order valence-electron chi connectivity index (χ1n) is 5.15. The van der Waals surface area contributed by atoms with Crippen molar-refractivity contribution < 1.29 is 4.74 Å². The van der Waals surface area contributed by atoms with Gasteiger partial charge >= 0.3 is 0 Å². The Morgan fingerprint density at radius 1 is 1.44 bits per heavy atom. The van der Waals surface area contributed by atoms with Crippen LogP contribution >= 0.6 is 0 Å². The first-order valence-corrected chi connectivity index (χ1v) is 5.15. The maximum absolute atomic E-state index is 5.46. The van der Waals surface area contributed by atoms with E-state index in [9.17, 15) is 0 Å². The van der Waals surface area contributed by atoms with Crippen LogP contribution in [0.3, 0.4) is 0 Å². The van der Waals surface area contributed by atoms with Crippen LogP contribution < -0.4 is 0 Å². The van der Waals surface area contributed by atoms with Crippen LogP contribution in [0.4, 0.5) is 0 Å². The van der Waals surface area contributed by atoms with E-state index >= 15 is 0 Å². The van der Waals surface area contributed by atoms with E-state index in [-0.39, 0.29) is 6.10 Å². The molecular formula is C13H13N2O. The van der Waals surface area contributed by atoms with Gasteiger partial charge in [0.2, 0.25) is 0 Å². The average Bonchev–Trinajstić information content (AvgIpc) is 2.59. The van der Waals surface area contributed by atoms with Gasteiger partial charge in [0.1, 0.15) is 6.04 Å². The smallest absolute Gasteiger partial charge is 0.186 e. The lowest BCUT2D eigenvalue weighted by Crippen LogP contribution is -2.08. The van der Waals surface area contributed by atoms with Crippen LogP contribution in [-0.2, 0) is 4.74 Å². The fourth-order valence-electron chi connectivity index (χ4n) is 1.60. The second-order valence-electron chi connectivity index (χ2n) is 3.64. The van der Waals surface area contributed by atoms with Gasteiger partial charge in [-0.15, -0.1) is 0 Å². The summed E-state index contributed by atoms with van der Waals surface area (Å²) in [5.41, 5.74) is 1.69. The molecule has 2 rings (SSSR count). The lowest BCUT2D eigenvalue weighted by atomic mass is 10.1. The van der Waals surface area contributed by atoms with Crippen LogP contribution in [-0.4, -0.2) is 17.7 Å². The molecule has 0 aliphatic carbocycles. The highest BCUT2D eigenvalue weighted by atomic mass is 16.5. The summed E-state index contributed by atoms with van der Waals surface area (Å²) in [5, 5.41) is 0. The van der Waals surface area contributed by atoms with Crippen molar-refractivity contribution in [3.05, 3.63) is 30.5 Å². The van der Waals surface area contributed by atoms with Crippen LogP contribution in [0.15, 0.2) is 34.4 Å². The number of ether oxygens (including phenoxy) is 1. The summed E-state index contributed by atoms with van der Waals surface area (Å²) in [6.07, 6.45) is 4.18. The predicted octanol–water partition coefficient (Wildman–Crippen LogP) is 2.27. The number of hydrogen-bond acceptors (Lipinski definition) is 3. The van der Waals surface area contributed by atoms with E-state index in [4.69, 9.17) is 4.74 Å². The molecule has 16 heavy (non-hydrogen) atoms. The molecular weight excluding hydrogens is 200 g/mol. The Balaban J connectivity index is 2.19. The van der Waals surface area contributed by atoms with Gasteiger partial charge in [-0.3, -0.25) is 4.99 Å². The normalized spacial score (nSPS) is 26.6. The molecule has 2 heterocycles. The molecule has 1 unspecified atom stereocenters. The molecule has 0 aromatic rings. The van der Waals surface area contributed by atoms with Crippen molar-refractivity contribution >= 4 is 11.6 Å². The Morgan fingerprint density at radius 3 is 2.94 bits per heavy atom. The van der Waals surface area contributed by atoms with Crippen molar-refractivity contribution in [2.24, 2.45) is 9.98 Å². The SMILES string of the molecule is C=CC1OC(C)=N/C1=C/[C]1CC#CC(C)=N1. The molecule has 3 heteroatoms. The van der Waals surface area contributed by atoms with Gasteiger partial charge in [0.05, 0.1) is 11.4 Å². The minimum atomic E-state index is -0.155. The third kappa shape index (κ3) is 2.22. The zero-order chi connectivity index (χ0) is 11.5. The number of aliphatic imine (C=N–C) groups is 2. The zero-order valence-corrected chi connectivity index (χ0v) is 9.45. The Hall–Kier alpha value is -1.82. The van der Waals surface area contributed by atoms with Gasteiger partial charge < -0.3 is 4.74 Å². The van der Waals surface area contributed by atoms with Gasteiger partial charge in [-0.2, -0.15) is 0 Å². The highest BCUT2D eigenvalue weighted by Gasteiger charge is 2.21. The van der Waals surface area contributed by atoms with Crippen molar-refractivity contribution in [3.8, 4) is 11.8 Å². The second-order valence-corrected chi connectivity index (χ2v) is 3.64. The fourth-order valence-corrected chi connectivity index (χ4v) is 1.60. The monoisotopic (exact) mass is 213 g/mol. The van der Waals surface area contributed by atoms with Crippen molar-refractivity contribution in [1.29, 1.82) is 0 Å². The van der Waals surface area contributed by atoms with Gasteiger partial charge in [0, 0.05) is 13.3 Å². The number of hydrogen-bond donors (Lipinski definition) is 0. The van der Waals surface area contributed by atoms with Crippen LogP contribution in [0.25, 0.3) is 0 Å². The molecule has 0 fully saturated rings. The summed E-state index contributed by atoms with van der Waals surface area (Å²) in [7, 11) is 0. The third-order valence-corrected chi connectivity index (χ3v) is 2.25. The molecule has 1 radical (unpaired) electrons. The highest BCUT2D eigenvalue weighted by molar-refractivity contribution is 5.99. The van der Waals surface area contributed by atoms with E-state index < -0.39 is 0 Å². The Labute approximate surface area is 95.6 Å². The predicted molar refractivity (Wildman–Crippen MR) is 65.0 cm³/mol. The fraction of sp³-hybridized carbons (Fsp3) is 0.308. The second kappa shape index (κ2) is 4.36. The topological polar surface area (TPSA) is 34.0 Å². The molecule has 0 bridgehead atoms. The number of rotatable bonds is 2. The first-order chi connectivity index (χ1) is 7.69. The van der Waals surface area contributed by atoms with Gasteiger partial charge in [-0.1, -0.05) is 18.4 Å². The van der Waals surface area contributed by atoms with Crippen molar-refractivity contribution in [3.63, 3.8) is 0 Å². The Morgan fingerprint density at radius 2 is 2.25 bits per heavy atom. The molecule has 81 valence electrons. The minimum Gasteiger partial charge on any atom is -0.467 e. The molecule has 0 N–H and O–H groups in total. The van der Waals surface area contributed by atoms with E-state index in [1.165, 1.54) is 0 Å². The van der Waals surface area contributed by atoms with E-state index in [0.29, 0.717) is 12.3 Å². The van der Waals surface area contributed by atoms with E-state index in [1.54, 1.807) is 6.08 Å². The van der Waals surface area contributed by atoms with Gasteiger partial charge in [-0.05, 0) is 19.1 Å². The molecule has 2 aliphatic heterocycles. The summed E-state index contributed by atoms with van der Waals surface area (Å²) in [6, 6.07) is 0.931. The van der Waals surface area contributed by atoms with Gasteiger partial charge in [0.15, 0.2) is 12.0 Å². The quantitative estimate of drug-likeness (QED) is 0.511. The van der Waals surface area contributed by atoms with Crippen LogP contribution in [0.5, 0.6) is 0 Å². The maximum atomic E-state index is 5.46. The van der Waals surface area contributed by atoms with Crippen LogP contribution in [0.2, 0.25) is 0 Å². The van der Waals surface area contributed by atoms with Crippen molar-refractivity contribution in [2.45, 2.75) is 26.4 Å². The third-order valence-electron chi connectivity index (χ3n) is 2.25. The van der Waals surface area contributed by atoms with Crippen molar-refractivity contribution in [2.75, 3.05) is 0 Å². The van der Waals surface area contributed by atoms with E-state index in [0.717, 1.165) is 17.5 Å². The Bertz CT molecular complexity index is 460. The summed E-state index contributed by atoms with van der Waals surface area (Å²) >= 11 is 0. The molecule has 0 aromatic heterocycles. The minimum absolute atomic E-state index is 0.155. The summed E-state index contributed by atoms with van der Waals surface area (Å²) in [5.74, 6) is 6.62. The largest absolute Gasteiger partial charge is 0.467 e. The molecule has 2 aliphatic rings. The number of nitrogens with zero attached hydrogens (tertiary/aromatic N) is 2. The van der Waals surface area contributed by atoms with E-state index in [2.05, 4.69) is 28.4 Å². The first kappa shape index (κ1) is 10.7. The summed E-state index contributed by atoms with van der Waals surface area (Å²) < 4.78 is 5.46. The van der Waals surface area contributed by atoms with Crippen LogP contribution in [0.1, 0.15) is 20.3 Å². The van der Waals surface area contributed by atoms with Crippen LogP contribution in [0, 0.1) is 17.9 Å². The lowest BCUT2D eigenvalue weighted by molar-refractivity contribution is 0.291. The maximum Gasteiger partial charge on any atom is 0.186 e. The lowest BCUT2D eigenvalue weighted by Gasteiger charge is -2.09. The van der Waals surface area contributed by atoms with Gasteiger partial charge in [0.25, 0.3) is 0 Å². The van der Waals surface area contributed by atoms with Gasteiger partial charge in [-0.25, -0.2) is 4.99 Å². The summed E-state index contributed by atoms with van der Waals surface area (Å²) in [4.78, 5) is 8.67. The van der Waals surface area contributed by atoms with Crippen molar-refractivity contribution in [1.82, 2.24) is 0 Å².